The number of alkyl halides is 3. The first-order valence-electron chi connectivity index (χ1n) is 6.40. The number of nitrogens with two attached hydrogens (primary N) is 1. The predicted molar refractivity (Wildman–Crippen MR) is 73.6 cm³/mol. The van der Waals surface area contributed by atoms with Crippen LogP contribution in [0.3, 0.4) is 0 Å². The van der Waals surface area contributed by atoms with E-state index >= 15 is 0 Å². The van der Waals surface area contributed by atoms with Gasteiger partial charge in [0.05, 0.1) is 0 Å². The summed E-state index contributed by atoms with van der Waals surface area (Å²) in [6, 6.07) is 10.2. The lowest BCUT2D eigenvalue weighted by Gasteiger charge is -2.22. The van der Waals surface area contributed by atoms with E-state index in [0.717, 1.165) is 17.8 Å². The summed E-state index contributed by atoms with van der Waals surface area (Å²) < 4.78 is 38.1. The van der Waals surface area contributed by atoms with Gasteiger partial charge in [-0.25, -0.2) is 9.97 Å². The van der Waals surface area contributed by atoms with Crippen LogP contribution in [0, 0.1) is 0 Å². The highest BCUT2D eigenvalue weighted by atomic mass is 19.4. The average molecular weight is 296 g/mol. The molecule has 0 radical (unpaired) electrons. The Morgan fingerprint density at radius 1 is 1.10 bits per heavy atom. The van der Waals surface area contributed by atoms with Crippen molar-refractivity contribution < 1.29 is 13.2 Å². The molecule has 0 bridgehead atoms. The van der Waals surface area contributed by atoms with Crippen LogP contribution in [0.25, 0.3) is 0 Å². The summed E-state index contributed by atoms with van der Waals surface area (Å²) in [6.07, 6.45) is -3.38. The summed E-state index contributed by atoms with van der Waals surface area (Å²) in [6.45, 7) is 1.07. The summed E-state index contributed by atoms with van der Waals surface area (Å²) in [7, 11) is 0. The van der Waals surface area contributed by atoms with E-state index in [-0.39, 0.29) is 5.95 Å². The van der Waals surface area contributed by atoms with E-state index in [0.29, 0.717) is 19.6 Å². The third-order valence-electron chi connectivity index (χ3n) is 2.83. The standard InChI is InChI=1S/C14H15F3N4/c15-14(16,17)12-6-8-19-13(20-12)21(9-7-18)10-11-4-2-1-3-5-11/h1-6,8H,7,9-10,18H2. The minimum absolute atomic E-state index is 0.0270. The highest BCUT2D eigenvalue weighted by Gasteiger charge is 2.33. The fourth-order valence-electron chi connectivity index (χ4n) is 1.87. The first kappa shape index (κ1) is 15.2. The molecule has 0 saturated heterocycles. The van der Waals surface area contributed by atoms with Gasteiger partial charge < -0.3 is 10.6 Å². The Bertz CT molecular complexity index is 572. The molecule has 4 nitrogen and oxygen atoms in total. The molecule has 0 aliphatic rings. The maximum atomic E-state index is 12.7. The lowest BCUT2D eigenvalue weighted by molar-refractivity contribution is -0.141. The molecule has 0 saturated carbocycles. The molecule has 7 heteroatoms. The molecule has 0 fully saturated rings. The van der Waals surface area contributed by atoms with E-state index in [4.69, 9.17) is 5.73 Å². The average Bonchev–Trinajstić information content (AvgIpc) is 2.47. The molecule has 0 spiro atoms. The molecule has 0 aliphatic carbocycles. The molecule has 112 valence electrons. The molecule has 1 heterocycles. The molecular weight excluding hydrogens is 281 g/mol. The zero-order valence-electron chi connectivity index (χ0n) is 11.2. The second-order valence-corrected chi connectivity index (χ2v) is 4.44. The SMILES string of the molecule is NCCN(Cc1ccccc1)c1nccc(C(F)(F)F)n1. The molecule has 0 amide bonds. The van der Waals surface area contributed by atoms with E-state index in [1.54, 1.807) is 4.90 Å². The molecular formula is C14H15F3N4. The van der Waals surface area contributed by atoms with Crippen LogP contribution >= 0.6 is 0 Å². The second kappa shape index (κ2) is 6.53. The largest absolute Gasteiger partial charge is 0.433 e. The fraction of sp³-hybridized carbons (Fsp3) is 0.286. The molecule has 0 unspecified atom stereocenters. The van der Waals surface area contributed by atoms with Gasteiger partial charge in [0.1, 0.15) is 5.69 Å². The summed E-state index contributed by atoms with van der Waals surface area (Å²) in [4.78, 5) is 9.15. The fourth-order valence-corrected chi connectivity index (χ4v) is 1.87. The van der Waals surface area contributed by atoms with Crippen molar-refractivity contribution in [2.24, 2.45) is 5.73 Å². The molecule has 2 rings (SSSR count). The molecule has 1 aromatic heterocycles. The summed E-state index contributed by atoms with van der Waals surface area (Å²) in [5.74, 6) is 0.0270. The zero-order chi connectivity index (χ0) is 15.3. The van der Waals surface area contributed by atoms with Gasteiger partial charge in [0.2, 0.25) is 5.95 Å². The van der Waals surface area contributed by atoms with Gasteiger partial charge in [-0.3, -0.25) is 0 Å². The number of halogens is 3. The molecule has 2 N–H and O–H groups in total. The number of nitrogens with zero attached hydrogens (tertiary/aromatic N) is 3. The van der Waals surface area contributed by atoms with Gasteiger partial charge in [-0.2, -0.15) is 13.2 Å². The van der Waals surface area contributed by atoms with Crippen LogP contribution < -0.4 is 10.6 Å². The van der Waals surface area contributed by atoms with E-state index in [1.807, 2.05) is 30.3 Å². The van der Waals surface area contributed by atoms with Crippen LogP contribution in [-0.4, -0.2) is 23.1 Å². The summed E-state index contributed by atoms with van der Waals surface area (Å²) in [5, 5.41) is 0. The number of anilines is 1. The van der Waals surface area contributed by atoms with Gasteiger partial charge in [0.25, 0.3) is 0 Å². The Kier molecular flexibility index (Phi) is 4.74. The van der Waals surface area contributed by atoms with Gasteiger partial charge >= 0.3 is 6.18 Å². The lowest BCUT2D eigenvalue weighted by Crippen LogP contribution is -2.31. The summed E-state index contributed by atoms with van der Waals surface area (Å²) >= 11 is 0. The normalized spacial score (nSPS) is 11.4. The number of hydrogen-bond donors (Lipinski definition) is 1. The Hall–Kier alpha value is -2.15. The van der Waals surface area contributed by atoms with Gasteiger partial charge in [-0.05, 0) is 11.6 Å². The molecule has 21 heavy (non-hydrogen) atoms. The van der Waals surface area contributed by atoms with Gasteiger partial charge in [-0.1, -0.05) is 30.3 Å². The topological polar surface area (TPSA) is 55.0 Å². The third-order valence-corrected chi connectivity index (χ3v) is 2.83. The first-order chi connectivity index (χ1) is 10.0. The summed E-state index contributed by atoms with van der Waals surface area (Å²) in [5.41, 5.74) is 5.52. The molecule has 0 atom stereocenters. The van der Waals surface area contributed by atoms with Gasteiger partial charge in [0, 0.05) is 25.8 Å². The van der Waals surface area contributed by atoms with Crippen LogP contribution in [0.4, 0.5) is 19.1 Å². The van der Waals surface area contributed by atoms with Crippen LogP contribution in [0.2, 0.25) is 0 Å². The van der Waals surface area contributed by atoms with Crippen molar-refractivity contribution in [1.29, 1.82) is 0 Å². The first-order valence-corrected chi connectivity index (χ1v) is 6.40. The zero-order valence-corrected chi connectivity index (χ0v) is 11.2. The smallest absolute Gasteiger partial charge is 0.335 e. The van der Waals surface area contributed by atoms with Crippen molar-refractivity contribution in [3.05, 3.63) is 53.9 Å². The maximum absolute atomic E-state index is 12.7. The van der Waals surface area contributed by atoms with Crippen molar-refractivity contribution in [2.75, 3.05) is 18.0 Å². The van der Waals surface area contributed by atoms with Crippen LogP contribution in [0.5, 0.6) is 0 Å². The Morgan fingerprint density at radius 3 is 2.43 bits per heavy atom. The molecule has 1 aromatic carbocycles. The number of aromatic nitrogens is 2. The van der Waals surface area contributed by atoms with Crippen molar-refractivity contribution in [3.63, 3.8) is 0 Å². The molecule has 2 aromatic rings. The lowest BCUT2D eigenvalue weighted by atomic mass is 10.2. The van der Waals surface area contributed by atoms with Crippen molar-refractivity contribution in [3.8, 4) is 0 Å². The Labute approximate surface area is 120 Å². The molecule has 0 aliphatic heterocycles. The highest BCUT2D eigenvalue weighted by Crippen LogP contribution is 2.28. The monoisotopic (exact) mass is 296 g/mol. The van der Waals surface area contributed by atoms with Crippen LogP contribution in [0.1, 0.15) is 11.3 Å². The Balaban J connectivity index is 2.26. The van der Waals surface area contributed by atoms with E-state index in [1.165, 1.54) is 0 Å². The van der Waals surface area contributed by atoms with E-state index in [9.17, 15) is 13.2 Å². The van der Waals surface area contributed by atoms with Gasteiger partial charge in [-0.15, -0.1) is 0 Å². The van der Waals surface area contributed by atoms with Crippen molar-refractivity contribution >= 4 is 5.95 Å². The number of rotatable bonds is 5. The van der Waals surface area contributed by atoms with Crippen molar-refractivity contribution in [2.45, 2.75) is 12.7 Å². The number of benzene rings is 1. The minimum atomic E-state index is -4.49. The van der Waals surface area contributed by atoms with E-state index < -0.39 is 11.9 Å². The second-order valence-electron chi connectivity index (χ2n) is 4.44. The van der Waals surface area contributed by atoms with Gasteiger partial charge in [0.15, 0.2) is 0 Å². The predicted octanol–water partition coefficient (Wildman–Crippen LogP) is 2.46. The Morgan fingerprint density at radius 2 is 1.81 bits per heavy atom. The van der Waals surface area contributed by atoms with Crippen molar-refractivity contribution in [1.82, 2.24) is 9.97 Å². The third kappa shape index (κ3) is 4.16. The minimum Gasteiger partial charge on any atom is -0.335 e. The number of hydrogen-bond acceptors (Lipinski definition) is 4. The van der Waals surface area contributed by atoms with Crippen LogP contribution in [0.15, 0.2) is 42.6 Å². The quantitative estimate of drug-likeness (QED) is 0.921. The maximum Gasteiger partial charge on any atom is 0.433 e. The van der Waals surface area contributed by atoms with E-state index in [2.05, 4.69) is 9.97 Å². The van der Waals surface area contributed by atoms with Crippen LogP contribution in [-0.2, 0) is 12.7 Å². The highest BCUT2D eigenvalue weighted by molar-refractivity contribution is 5.33.